The molecule has 0 spiro atoms. The maximum Gasteiger partial charge on any atom is 0.333 e. The van der Waals surface area contributed by atoms with Crippen molar-refractivity contribution >= 4 is 11.9 Å². The molecule has 166 valence electrons. The Labute approximate surface area is 171 Å². The molecule has 2 unspecified atom stereocenters. The van der Waals surface area contributed by atoms with Gasteiger partial charge in [-0.3, -0.25) is 0 Å². The van der Waals surface area contributed by atoms with Gasteiger partial charge in [0, 0.05) is 25.0 Å². The van der Waals surface area contributed by atoms with Crippen molar-refractivity contribution in [3.05, 3.63) is 0 Å². The summed E-state index contributed by atoms with van der Waals surface area (Å²) in [7, 11) is 2.91. The predicted octanol–water partition coefficient (Wildman–Crippen LogP) is 5.14. The van der Waals surface area contributed by atoms with Crippen LogP contribution in [0.5, 0.6) is 0 Å². The van der Waals surface area contributed by atoms with Crippen molar-refractivity contribution < 1.29 is 29.3 Å². The zero-order valence-electron chi connectivity index (χ0n) is 18.8. The Balaban J connectivity index is 3.83. The van der Waals surface area contributed by atoms with Crippen LogP contribution in [0.2, 0.25) is 0 Å². The van der Waals surface area contributed by atoms with Gasteiger partial charge in [0.05, 0.1) is 0 Å². The van der Waals surface area contributed by atoms with Crippen LogP contribution in [-0.4, -0.2) is 48.6 Å². The third-order valence-corrected chi connectivity index (χ3v) is 5.73. The van der Waals surface area contributed by atoms with Crippen LogP contribution in [0.4, 0.5) is 0 Å². The maximum atomic E-state index is 11.2. The number of carbonyl (C=O) groups is 2. The van der Waals surface area contributed by atoms with Crippen LogP contribution in [0, 0.1) is 10.8 Å². The van der Waals surface area contributed by atoms with Crippen molar-refractivity contribution in [3.8, 4) is 0 Å². The van der Waals surface area contributed by atoms with Crippen molar-refractivity contribution in [2.45, 2.75) is 104 Å². The molecule has 0 saturated heterocycles. The second-order valence-corrected chi connectivity index (χ2v) is 9.21. The first-order chi connectivity index (χ1) is 13.0. The lowest BCUT2D eigenvalue weighted by Gasteiger charge is -2.30. The molecule has 2 atom stereocenters. The SMILES string of the molecule is COC(C(=O)O)C(C)(C)CCCCCCCCCCC(C)(C)C(OC)C(=O)O. The molecule has 0 aromatic heterocycles. The number of aliphatic carboxylic acids is 2. The molecule has 0 heterocycles. The van der Waals surface area contributed by atoms with Gasteiger partial charge in [-0.1, -0.05) is 79.1 Å². The van der Waals surface area contributed by atoms with Gasteiger partial charge < -0.3 is 19.7 Å². The van der Waals surface area contributed by atoms with Crippen LogP contribution in [0.15, 0.2) is 0 Å². The van der Waals surface area contributed by atoms with Gasteiger partial charge in [0.1, 0.15) is 0 Å². The minimum atomic E-state index is -0.893. The summed E-state index contributed by atoms with van der Waals surface area (Å²) in [6.45, 7) is 7.81. The van der Waals surface area contributed by atoms with Gasteiger partial charge in [0.2, 0.25) is 0 Å². The number of rotatable bonds is 17. The average molecular weight is 403 g/mol. The van der Waals surface area contributed by atoms with Crippen molar-refractivity contribution in [2.75, 3.05) is 14.2 Å². The fourth-order valence-electron chi connectivity index (χ4n) is 3.99. The minimum Gasteiger partial charge on any atom is -0.479 e. The molecule has 0 aromatic rings. The highest BCUT2D eigenvalue weighted by atomic mass is 16.5. The molecule has 28 heavy (non-hydrogen) atoms. The van der Waals surface area contributed by atoms with E-state index in [9.17, 15) is 19.8 Å². The van der Waals surface area contributed by atoms with Crippen LogP contribution in [0.3, 0.4) is 0 Å². The quantitative estimate of drug-likeness (QED) is 0.327. The number of carboxylic acids is 2. The average Bonchev–Trinajstić information content (AvgIpc) is 2.56. The molecule has 2 N–H and O–H groups in total. The Hall–Kier alpha value is -1.14. The van der Waals surface area contributed by atoms with Gasteiger partial charge in [-0.2, -0.15) is 0 Å². The largest absolute Gasteiger partial charge is 0.479 e. The van der Waals surface area contributed by atoms with E-state index in [1.165, 1.54) is 27.1 Å². The third-order valence-electron chi connectivity index (χ3n) is 5.73. The fraction of sp³-hybridized carbons (Fsp3) is 0.909. The van der Waals surface area contributed by atoms with Crippen molar-refractivity contribution in [1.29, 1.82) is 0 Å². The lowest BCUT2D eigenvalue weighted by atomic mass is 9.81. The molecule has 6 heteroatoms. The van der Waals surface area contributed by atoms with Crippen LogP contribution in [-0.2, 0) is 19.1 Å². The summed E-state index contributed by atoms with van der Waals surface area (Å²) in [6.07, 6.45) is 9.14. The number of ether oxygens (including phenoxy) is 2. The number of hydrogen-bond acceptors (Lipinski definition) is 4. The Bertz CT molecular complexity index is 416. The standard InChI is InChI=1S/C22H42O6/c1-21(2,17(27-5)19(23)24)15-13-11-9-7-8-10-12-14-16-22(3,4)18(28-6)20(25)26/h17-18H,7-16H2,1-6H3,(H,23,24)(H,25,26). The van der Waals surface area contributed by atoms with E-state index >= 15 is 0 Å². The van der Waals surface area contributed by atoms with Gasteiger partial charge in [0.15, 0.2) is 12.2 Å². The van der Waals surface area contributed by atoms with Gasteiger partial charge in [-0.15, -0.1) is 0 Å². The van der Waals surface area contributed by atoms with Gasteiger partial charge in [0.25, 0.3) is 0 Å². The van der Waals surface area contributed by atoms with Gasteiger partial charge >= 0.3 is 11.9 Å². The molecular weight excluding hydrogens is 360 g/mol. The van der Waals surface area contributed by atoms with E-state index < -0.39 is 24.1 Å². The minimum absolute atomic E-state index is 0.358. The first-order valence-electron chi connectivity index (χ1n) is 10.5. The van der Waals surface area contributed by atoms with Crippen molar-refractivity contribution in [1.82, 2.24) is 0 Å². The Morgan fingerprint density at radius 2 is 0.893 bits per heavy atom. The molecule has 0 rings (SSSR count). The maximum absolute atomic E-state index is 11.2. The third kappa shape index (κ3) is 9.87. The normalized spacial score (nSPS) is 14.6. The first-order valence-corrected chi connectivity index (χ1v) is 10.5. The summed E-state index contributed by atoms with van der Waals surface area (Å²) in [6, 6.07) is 0. The predicted molar refractivity (Wildman–Crippen MR) is 111 cm³/mol. The van der Waals surface area contributed by atoms with Crippen LogP contribution in [0.25, 0.3) is 0 Å². The summed E-state index contributed by atoms with van der Waals surface area (Å²) in [4.78, 5) is 22.5. The highest BCUT2D eigenvalue weighted by Gasteiger charge is 2.35. The molecule has 0 aliphatic rings. The van der Waals surface area contributed by atoms with E-state index in [1.807, 2.05) is 27.7 Å². The van der Waals surface area contributed by atoms with Crippen LogP contribution >= 0.6 is 0 Å². The van der Waals surface area contributed by atoms with Gasteiger partial charge in [-0.25, -0.2) is 9.59 Å². The zero-order chi connectivity index (χ0) is 21.8. The molecule has 0 aromatic carbocycles. The van der Waals surface area contributed by atoms with Crippen molar-refractivity contribution in [3.63, 3.8) is 0 Å². The monoisotopic (exact) mass is 402 g/mol. The molecular formula is C22H42O6. The molecule has 0 amide bonds. The van der Waals surface area contributed by atoms with Crippen LogP contribution < -0.4 is 0 Å². The highest BCUT2D eigenvalue weighted by molar-refractivity contribution is 5.73. The molecule has 0 saturated carbocycles. The Kier molecular flexibility index (Phi) is 12.6. The lowest BCUT2D eigenvalue weighted by Crippen LogP contribution is -2.38. The van der Waals surface area contributed by atoms with E-state index in [2.05, 4.69) is 0 Å². The van der Waals surface area contributed by atoms with E-state index in [0.717, 1.165) is 51.4 Å². The summed E-state index contributed by atoms with van der Waals surface area (Å²) < 4.78 is 10.3. The van der Waals surface area contributed by atoms with E-state index in [0.29, 0.717) is 0 Å². The Morgan fingerprint density at radius 1 is 0.643 bits per heavy atom. The van der Waals surface area contributed by atoms with Gasteiger partial charge in [-0.05, 0) is 12.8 Å². The van der Waals surface area contributed by atoms with E-state index in [1.54, 1.807) is 0 Å². The molecule has 0 fully saturated rings. The smallest absolute Gasteiger partial charge is 0.333 e. The second-order valence-electron chi connectivity index (χ2n) is 9.21. The summed E-state index contributed by atoms with van der Waals surface area (Å²) in [5.41, 5.74) is -0.715. The number of unbranched alkanes of at least 4 members (excludes halogenated alkanes) is 7. The van der Waals surface area contributed by atoms with Crippen LogP contribution in [0.1, 0.15) is 91.9 Å². The summed E-state index contributed by atoms with van der Waals surface area (Å²) in [5.74, 6) is -1.79. The Morgan fingerprint density at radius 3 is 1.11 bits per heavy atom. The zero-order valence-corrected chi connectivity index (χ0v) is 18.8. The molecule has 0 aliphatic carbocycles. The summed E-state index contributed by atoms with van der Waals surface area (Å²) >= 11 is 0. The molecule has 0 aliphatic heterocycles. The molecule has 6 nitrogen and oxygen atoms in total. The lowest BCUT2D eigenvalue weighted by molar-refractivity contribution is -0.157. The van der Waals surface area contributed by atoms with E-state index in [-0.39, 0.29) is 10.8 Å². The topological polar surface area (TPSA) is 93.1 Å². The summed E-state index contributed by atoms with van der Waals surface area (Å²) in [5, 5.41) is 18.4. The molecule has 0 bridgehead atoms. The second kappa shape index (κ2) is 13.2. The van der Waals surface area contributed by atoms with Crippen molar-refractivity contribution in [2.24, 2.45) is 10.8 Å². The first kappa shape index (κ1) is 26.9. The number of methoxy groups -OCH3 is 2. The molecule has 0 radical (unpaired) electrons. The highest BCUT2D eigenvalue weighted by Crippen LogP contribution is 2.31. The fourth-order valence-corrected chi connectivity index (χ4v) is 3.99. The number of hydrogen-bond donors (Lipinski definition) is 2. The number of carboxylic acid groups (broad SMARTS) is 2. The van der Waals surface area contributed by atoms with E-state index in [4.69, 9.17) is 9.47 Å².